The second-order valence-corrected chi connectivity index (χ2v) is 21.5. The Morgan fingerprint density at radius 2 is 0.812 bits per heavy atom. The number of aliphatic hydroxyl groups excluding tert-OH is 5. The topological polar surface area (TPSA) is 149 Å². The fraction of sp³-hybridized carbons (Fsp3) is 0.950. The number of amides is 1. The molecule has 1 amide bonds. The molecule has 0 saturated carbocycles. The van der Waals surface area contributed by atoms with E-state index >= 15 is 0 Å². The van der Waals surface area contributed by atoms with Crippen molar-refractivity contribution in [3.8, 4) is 0 Å². The van der Waals surface area contributed by atoms with Crippen LogP contribution >= 0.6 is 0 Å². The molecular formula is C60H117NO8. The van der Waals surface area contributed by atoms with Gasteiger partial charge in [0.25, 0.3) is 0 Å². The summed E-state index contributed by atoms with van der Waals surface area (Å²) in [5, 5.41) is 54.8. The molecule has 410 valence electrons. The van der Waals surface area contributed by atoms with Gasteiger partial charge in [-0.3, -0.25) is 4.79 Å². The zero-order chi connectivity index (χ0) is 50.1. The fourth-order valence-corrected chi connectivity index (χ4v) is 10.0. The smallest absolute Gasteiger partial charge is 0.220 e. The third-order valence-corrected chi connectivity index (χ3v) is 14.9. The van der Waals surface area contributed by atoms with Crippen LogP contribution in [-0.2, 0) is 14.3 Å². The SMILES string of the molecule is CCCCCCCCCC/C=C\CCCCCCCCCCCC(=O)NC(COC1OC(CO)C(O)C(O)C1O)C(O)CCCCCCCCCCCCCCCCCCCCCCCCCCC. The van der Waals surface area contributed by atoms with Crippen LogP contribution in [0.4, 0.5) is 0 Å². The molecule has 1 heterocycles. The molecule has 0 aromatic carbocycles. The van der Waals surface area contributed by atoms with Crippen molar-refractivity contribution in [2.45, 2.75) is 352 Å². The lowest BCUT2D eigenvalue weighted by atomic mass is 9.99. The number of aliphatic hydroxyl groups is 5. The van der Waals surface area contributed by atoms with Crippen molar-refractivity contribution in [2.24, 2.45) is 0 Å². The molecule has 9 heteroatoms. The number of rotatable bonds is 53. The summed E-state index contributed by atoms with van der Waals surface area (Å²) in [4.78, 5) is 13.1. The molecule has 0 aromatic heterocycles. The fourth-order valence-electron chi connectivity index (χ4n) is 10.0. The summed E-state index contributed by atoms with van der Waals surface area (Å²) in [6.07, 6.45) is 55.3. The summed E-state index contributed by atoms with van der Waals surface area (Å²) in [6, 6.07) is -0.718. The largest absolute Gasteiger partial charge is 0.394 e. The normalized spacial score (nSPS) is 19.4. The van der Waals surface area contributed by atoms with Gasteiger partial charge in [-0.2, -0.15) is 0 Å². The predicted molar refractivity (Wildman–Crippen MR) is 291 cm³/mol. The van der Waals surface area contributed by atoms with Crippen molar-refractivity contribution < 1.29 is 39.8 Å². The zero-order valence-corrected chi connectivity index (χ0v) is 45.6. The lowest BCUT2D eigenvalue weighted by Crippen LogP contribution is -2.60. The van der Waals surface area contributed by atoms with Crippen molar-refractivity contribution in [3.05, 3.63) is 12.2 Å². The monoisotopic (exact) mass is 980 g/mol. The molecule has 9 nitrogen and oxygen atoms in total. The van der Waals surface area contributed by atoms with Gasteiger partial charge < -0.3 is 40.3 Å². The average molecular weight is 981 g/mol. The Bertz CT molecular complexity index is 1090. The molecule has 69 heavy (non-hydrogen) atoms. The summed E-state index contributed by atoms with van der Waals surface area (Å²) in [5.74, 6) is -0.141. The molecule has 1 aliphatic rings. The molecule has 6 N–H and O–H groups in total. The Labute approximate surface area is 426 Å². The molecule has 7 atom stereocenters. The highest BCUT2D eigenvalue weighted by atomic mass is 16.7. The van der Waals surface area contributed by atoms with E-state index in [9.17, 15) is 30.3 Å². The highest BCUT2D eigenvalue weighted by Crippen LogP contribution is 2.23. The van der Waals surface area contributed by atoms with Crippen LogP contribution in [0.1, 0.15) is 309 Å². The number of hydrogen-bond acceptors (Lipinski definition) is 8. The van der Waals surface area contributed by atoms with Crippen molar-refractivity contribution in [2.75, 3.05) is 13.2 Å². The van der Waals surface area contributed by atoms with E-state index in [1.54, 1.807) is 0 Å². The van der Waals surface area contributed by atoms with Gasteiger partial charge in [-0.1, -0.05) is 276 Å². The van der Waals surface area contributed by atoms with E-state index in [-0.39, 0.29) is 12.5 Å². The molecule has 1 saturated heterocycles. The van der Waals surface area contributed by atoms with Crippen LogP contribution in [0.2, 0.25) is 0 Å². The maximum Gasteiger partial charge on any atom is 0.220 e. The van der Waals surface area contributed by atoms with E-state index < -0.39 is 49.5 Å². The third-order valence-electron chi connectivity index (χ3n) is 14.9. The van der Waals surface area contributed by atoms with Crippen LogP contribution in [0, 0.1) is 0 Å². The minimum absolute atomic E-state index is 0.134. The first-order valence-corrected chi connectivity index (χ1v) is 30.4. The second-order valence-electron chi connectivity index (χ2n) is 21.5. The van der Waals surface area contributed by atoms with Crippen LogP contribution in [0.15, 0.2) is 12.2 Å². The van der Waals surface area contributed by atoms with Gasteiger partial charge in [0.2, 0.25) is 5.91 Å². The van der Waals surface area contributed by atoms with Gasteiger partial charge in [0.1, 0.15) is 24.4 Å². The first-order chi connectivity index (χ1) is 33.8. The number of carbonyl (C=O) groups excluding carboxylic acids is 1. The third kappa shape index (κ3) is 40.1. The molecular weight excluding hydrogens is 863 g/mol. The van der Waals surface area contributed by atoms with Gasteiger partial charge in [0.15, 0.2) is 6.29 Å². The van der Waals surface area contributed by atoms with E-state index in [2.05, 4.69) is 31.3 Å². The first kappa shape index (κ1) is 65.9. The molecule has 7 unspecified atom stereocenters. The van der Waals surface area contributed by atoms with Gasteiger partial charge >= 0.3 is 0 Å². The van der Waals surface area contributed by atoms with Gasteiger partial charge in [-0.15, -0.1) is 0 Å². The number of unbranched alkanes of at least 4 members (excludes halogenated alkanes) is 41. The van der Waals surface area contributed by atoms with E-state index in [4.69, 9.17) is 9.47 Å². The Kier molecular flexibility index (Phi) is 48.2. The van der Waals surface area contributed by atoms with E-state index in [0.29, 0.717) is 12.8 Å². The summed E-state index contributed by atoms with van der Waals surface area (Å²) >= 11 is 0. The maximum absolute atomic E-state index is 13.1. The lowest BCUT2D eigenvalue weighted by molar-refractivity contribution is -0.302. The van der Waals surface area contributed by atoms with Crippen LogP contribution in [0.5, 0.6) is 0 Å². The maximum atomic E-state index is 13.1. The molecule has 0 spiro atoms. The standard InChI is InChI=1S/C60H117NO8/c1-3-5-7-9-11-13-15-17-19-21-23-25-26-27-28-30-31-33-35-37-39-41-43-45-47-49-54(63)53(52-68-60-59(67)58(66)57(65)55(51-62)69-60)61-56(64)50-48-46-44-42-40-38-36-34-32-29-24-22-20-18-16-14-12-10-8-6-4-2/h22,24,53-55,57-60,62-63,65-67H,3-21,23,25-52H2,1-2H3,(H,61,64)/b24-22-. The number of hydrogen-bond donors (Lipinski definition) is 6. The van der Waals surface area contributed by atoms with Crippen LogP contribution in [-0.4, -0.2) is 87.5 Å². The van der Waals surface area contributed by atoms with Crippen molar-refractivity contribution >= 4 is 5.91 Å². The minimum Gasteiger partial charge on any atom is -0.394 e. The number of nitrogens with one attached hydrogen (secondary N) is 1. The van der Waals surface area contributed by atoms with Gasteiger partial charge in [-0.25, -0.2) is 0 Å². The van der Waals surface area contributed by atoms with E-state index in [1.165, 1.54) is 244 Å². The molecule has 0 bridgehead atoms. The lowest BCUT2D eigenvalue weighted by Gasteiger charge is -2.40. The van der Waals surface area contributed by atoms with Crippen LogP contribution < -0.4 is 5.32 Å². The number of ether oxygens (including phenoxy) is 2. The van der Waals surface area contributed by atoms with Crippen molar-refractivity contribution in [1.29, 1.82) is 0 Å². The number of allylic oxidation sites excluding steroid dienone is 2. The van der Waals surface area contributed by atoms with E-state index in [0.717, 1.165) is 38.5 Å². The minimum atomic E-state index is -1.55. The van der Waals surface area contributed by atoms with Crippen molar-refractivity contribution in [3.63, 3.8) is 0 Å². The quantitative estimate of drug-likeness (QED) is 0.0261. The van der Waals surface area contributed by atoms with Gasteiger partial charge in [0.05, 0.1) is 25.4 Å². The van der Waals surface area contributed by atoms with Crippen molar-refractivity contribution in [1.82, 2.24) is 5.32 Å². The Hall–Kier alpha value is -1.07. The van der Waals surface area contributed by atoms with Gasteiger partial charge in [0, 0.05) is 6.42 Å². The average Bonchev–Trinajstić information content (AvgIpc) is 3.35. The Morgan fingerprint density at radius 3 is 1.17 bits per heavy atom. The predicted octanol–water partition coefficient (Wildman–Crippen LogP) is 15.2. The molecule has 1 aliphatic heterocycles. The van der Waals surface area contributed by atoms with Crippen LogP contribution in [0.25, 0.3) is 0 Å². The summed E-state index contributed by atoms with van der Waals surface area (Å²) < 4.78 is 11.3. The summed E-state index contributed by atoms with van der Waals surface area (Å²) in [5.41, 5.74) is 0. The Balaban J connectivity index is 2.18. The summed E-state index contributed by atoms with van der Waals surface area (Å²) in [7, 11) is 0. The molecule has 0 aromatic rings. The summed E-state index contributed by atoms with van der Waals surface area (Å²) in [6.45, 7) is 3.88. The molecule has 1 fully saturated rings. The van der Waals surface area contributed by atoms with Crippen LogP contribution in [0.3, 0.4) is 0 Å². The zero-order valence-electron chi connectivity index (χ0n) is 45.6. The highest BCUT2D eigenvalue weighted by Gasteiger charge is 2.44. The molecule has 0 aliphatic carbocycles. The molecule has 0 radical (unpaired) electrons. The highest BCUT2D eigenvalue weighted by molar-refractivity contribution is 5.76. The first-order valence-electron chi connectivity index (χ1n) is 30.4. The Morgan fingerprint density at radius 1 is 0.478 bits per heavy atom. The molecule has 1 rings (SSSR count). The van der Waals surface area contributed by atoms with Gasteiger partial charge in [-0.05, 0) is 38.5 Å². The van der Waals surface area contributed by atoms with E-state index in [1.807, 2.05) is 0 Å². The number of carbonyl (C=O) groups is 1. The second kappa shape index (κ2) is 50.5.